The van der Waals surface area contributed by atoms with Crippen molar-refractivity contribution in [2.75, 3.05) is 6.61 Å². The summed E-state index contributed by atoms with van der Waals surface area (Å²) in [6.45, 7) is 1.26. The summed E-state index contributed by atoms with van der Waals surface area (Å²) in [4.78, 5) is 35.5. The van der Waals surface area contributed by atoms with E-state index < -0.39 is 80.5 Å². The molecule has 36 heavy (non-hydrogen) atoms. The van der Waals surface area contributed by atoms with Gasteiger partial charge in [-0.25, -0.2) is 9.59 Å². The molecular weight excluding hydrogens is 546 g/mol. The number of fused-ring (bicyclic) bond motifs is 1. The Labute approximate surface area is 195 Å². The van der Waals surface area contributed by atoms with E-state index in [0.29, 0.717) is 0 Å². The summed E-state index contributed by atoms with van der Waals surface area (Å²) < 4.78 is 124. The van der Waals surface area contributed by atoms with Gasteiger partial charge in [0.2, 0.25) is 12.4 Å². The average molecular weight is 561 g/mol. The molecule has 0 aromatic heterocycles. The molecule has 1 aromatic carbocycles. The zero-order valence-electron chi connectivity index (χ0n) is 17.8. The van der Waals surface area contributed by atoms with Gasteiger partial charge in [-0.3, -0.25) is 0 Å². The number of rotatable bonds is 8. The van der Waals surface area contributed by atoms with Crippen LogP contribution in [0, 0.1) is 10.1 Å². The minimum Gasteiger partial charge on any atom is -0.475 e. The summed E-state index contributed by atoms with van der Waals surface area (Å²) in [6, 6.07) is -0.113. The molecule has 19 heteroatoms. The predicted octanol–water partition coefficient (Wildman–Crippen LogP) is 5.69. The lowest BCUT2D eigenvalue weighted by Gasteiger charge is -2.41. The van der Waals surface area contributed by atoms with Gasteiger partial charge in [0.25, 0.3) is 5.09 Å². The normalized spacial score (nSPS) is 19.2. The first-order chi connectivity index (χ1) is 16.1. The molecule has 1 aliphatic heterocycles. The van der Waals surface area contributed by atoms with Crippen LogP contribution in [0.25, 0.3) is 6.08 Å². The van der Waals surface area contributed by atoms with Gasteiger partial charge in [-0.05, 0) is 31.2 Å². The first-order valence-corrected chi connectivity index (χ1v) is 11.2. The van der Waals surface area contributed by atoms with Crippen LogP contribution in [0.1, 0.15) is 19.4 Å². The van der Waals surface area contributed by atoms with E-state index in [1.165, 1.54) is 0 Å². The van der Waals surface area contributed by atoms with Crippen molar-refractivity contribution in [3.05, 3.63) is 39.4 Å². The Morgan fingerprint density at radius 2 is 1.72 bits per heavy atom. The van der Waals surface area contributed by atoms with E-state index in [1.807, 2.05) is 0 Å². The number of carbonyl (C=O) groups is 2. The lowest BCUT2D eigenvalue weighted by atomic mass is 10.0. The Hall–Kier alpha value is -3.51. The fourth-order valence-corrected chi connectivity index (χ4v) is 3.27. The number of hydrogen-bond acceptors (Lipinski definition) is 9. The largest absolute Gasteiger partial charge is 0.511 e. The highest BCUT2D eigenvalue weighted by Gasteiger charge is 2.65. The van der Waals surface area contributed by atoms with Gasteiger partial charge in [-0.15, -0.1) is 10.1 Å². The Bertz CT molecular complexity index is 1090. The Morgan fingerprint density at radius 3 is 2.25 bits per heavy atom. The van der Waals surface area contributed by atoms with Crippen molar-refractivity contribution in [2.24, 2.45) is 0 Å². The summed E-state index contributed by atoms with van der Waals surface area (Å²) in [5.41, 5.74) is -2.37. The van der Waals surface area contributed by atoms with Gasteiger partial charge >= 0.3 is 28.5 Å². The molecule has 0 saturated heterocycles. The third-order valence-corrected chi connectivity index (χ3v) is 5.19. The highest BCUT2D eigenvalue weighted by Crippen LogP contribution is 3.02. The molecule has 1 aromatic rings. The molecule has 0 N–H and O–H groups in total. The first kappa shape index (κ1) is 28.7. The van der Waals surface area contributed by atoms with Crippen molar-refractivity contribution in [1.29, 1.82) is 0 Å². The van der Waals surface area contributed by atoms with Crippen LogP contribution in [-0.4, -0.2) is 48.5 Å². The van der Waals surface area contributed by atoms with Crippen molar-refractivity contribution in [2.45, 2.75) is 43.4 Å². The molecule has 204 valence electrons. The van der Waals surface area contributed by atoms with Gasteiger partial charge in [0.05, 0.1) is 5.57 Å². The molecule has 0 radical (unpaired) electrons. The number of alkyl halides is 3. The third kappa shape index (κ3) is 7.75. The van der Waals surface area contributed by atoms with Gasteiger partial charge in [0.15, 0.2) is 0 Å². The quantitative estimate of drug-likeness (QED) is 0.129. The molecular formula is C17H15F8NO9S. The number of ether oxygens (including phenoxy) is 4. The Balaban J connectivity index is 2.24. The summed E-state index contributed by atoms with van der Waals surface area (Å²) in [7, 11) is -10.2. The number of esters is 1. The van der Waals surface area contributed by atoms with E-state index in [2.05, 4.69) is 23.8 Å². The van der Waals surface area contributed by atoms with Crippen LogP contribution in [0.4, 0.5) is 37.4 Å². The topological polar surface area (TPSA) is 123 Å². The summed E-state index contributed by atoms with van der Waals surface area (Å²) in [5, 5.41) is 8.89. The predicted molar refractivity (Wildman–Crippen MR) is 102 cm³/mol. The standard InChI is InChI=1S/C17H15F8NO9S/c1-8(7-31-26(29)30)32-16(28)34-9(2)33-15(27)12-6-10-5-11(36(21,22,23,24)25)3-4-13(10)35-14(12)17(18,19)20/h3-6,8-9,14H,7H2,1-2H3. The molecule has 3 atom stereocenters. The van der Waals surface area contributed by atoms with Gasteiger partial charge in [-0.1, -0.05) is 19.4 Å². The molecule has 1 heterocycles. The molecule has 3 unspecified atom stereocenters. The van der Waals surface area contributed by atoms with Gasteiger partial charge < -0.3 is 23.8 Å². The summed E-state index contributed by atoms with van der Waals surface area (Å²) >= 11 is 0. The summed E-state index contributed by atoms with van der Waals surface area (Å²) in [6.07, 6.45) is -12.9. The second-order valence-corrected chi connectivity index (χ2v) is 9.51. The van der Waals surface area contributed by atoms with E-state index in [4.69, 9.17) is 0 Å². The molecule has 0 saturated carbocycles. The van der Waals surface area contributed by atoms with Crippen molar-refractivity contribution in [3.63, 3.8) is 0 Å². The fourth-order valence-electron chi connectivity index (χ4n) is 2.60. The molecule has 0 spiro atoms. The zero-order valence-corrected chi connectivity index (χ0v) is 18.6. The van der Waals surface area contributed by atoms with E-state index in [9.17, 15) is 52.3 Å². The molecule has 1 aliphatic rings. The van der Waals surface area contributed by atoms with Crippen LogP contribution in [0.15, 0.2) is 28.7 Å². The van der Waals surface area contributed by atoms with Crippen LogP contribution in [0.3, 0.4) is 0 Å². The van der Waals surface area contributed by atoms with Crippen LogP contribution >= 0.6 is 10.2 Å². The lowest BCUT2D eigenvalue weighted by molar-refractivity contribution is -0.759. The maximum atomic E-state index is 13.4. The number of halogens is 8. The Kier molecular flexibility index (Phi) is 7.07. The second kappa shape index (κ2) is 8.86. The lowest BCUT2D eigenvalue weighted by Crippen LogP contribution is -2.41. The molecule has 2 rings (SSSR count). The minimum atomic E-state index is -10.2. The second-order valence-electron chi connectivity index (χ2n) is 7.10. The molecule has 0 amide bonds. The van der Waals surface area contributed by atoms with Crippen LogP contribution in [-0.2, 0) is 23.8 Å². The monoisotopic (exact) mass is 561 g/mol. The SMILES string of the molecule is CC(CO[N+](=O)[O-])OC(=O)OC(C)OC(=O)C1=Cc2cc(S(F)(F)(F)(F)F)ccc2OC1C(F)(F)F. The molecule has 0 aliphatic carbocycles. The third-order valence-electron chi connectivity index (χ3n) is 4.05. The molecule has 0 fully saturated rings. The van der Waals surface area contributed by atoms with Crippen LogP contribution in [0.2, 0.25) is 0 Å². The van der Waals surface area contributed by atoms with E-state index in [-0.39, 0.29) is 24.3 Å². The highest BCUT2D eigenvalue weighted by molar-refractivity contribution is 8.45. The number of nitrogens with zero attached hydrogens (tertiary/aromatic N) is 1. The van der Waals surface area contributed by atoms with Crippen molar-refractivity contribution < 1.29 is 71.1 Å². The maximum absolute atomic E-state index is 13.4. The first-order valence-electron chi connectivity index (χ1n) is 9.25. The highest BCUT2D eigenvalue weighted by atomic mass is 32.5. The van der Waals surface area contributed by atoms with Crippen molar-refractivity contribution in [3.8, 4) is 5.75 Å². The zero-order chi connectivity index (χ0) is 27.8. The number of carbonyl (C=O) groups excluding carboxylic acids is 2. The average Bonchev–Trinajstić information content (AvgIpc) is 2.68. The van der Waals surface area contributed by atoms with E-state index in [0.717, 1.165) is 13.8 Å². The van der Waals surface area contributed by atoms with Crippen LogP contribution in [0.5, 0.6) is 5.75 Å². The smallest absolute Gasteiger partial charge is 0.475 e. The van der Waals surface area contributed by atoms with Crippen molar-refractivity contribution in [1.82, 2.24) is 0 Å². The van der Waals surface area contributed by atoms with Gasteiger partial charge in [0, 0.05) is 12.5 Å². The van der Waals surface area contributed by atoms with Gasteiger partial charge in [0.1, 0.15) is 23.4 Å². The molecule has 0 bridgehead atoms. The summed E-state index contributed by atoms with van der Waals surface area (Å²) in [5.74, 6) is -2.76. The maximum Gasteiger partial charge on any atom is 0.511 e. The van der Waals surface area contributed by atoms with Crippen LogP contribution < -0.4 is 4.74 Å². The fraction of sp³-hybridized carbons (Fsp3) is 0.412. The number of benzene rings is 1. The minimum absolute atomic E-state index is 0.162. The van der Waals surface area contributed by atoms with E-state index in [1.54, 1.807) is 0 Å². The van der Waals surface area contributed by atoms with Gasteiger partial charge in [-0.2, -0.15) is 13.2 Å². The number of hydrogen-bond donors (Lipinski definition) is 0. The van der Waals surface area contributed by atoms with E-state index >= 15 is 0 Å². The molecule has 10 nitrogen and oxygen atoms in total. The van der Waals surface area contributed by atoms with Crippen molar-refractivity contribution >= 4 is 28.4 Å². The Morgan fingerprint density at radius 1 is 1.11 bits per heavy atom.